The van der Waals surface area contributed by atoms with Crippen molar-refractivity contribution in [1.29, 1.82) is 0 Å². The maximum atomic E-state index is 12.1. The molecule has 0 aromatic rings. The minimum Gasteiger partial charge on any atom is -0.465 e. The molecule has 3 fully saturated rings. The van der Waals surface area contributed by atoms with Crippen molar-refractivity contribution in [3.63, 3.8) is 0 Å². The first-order chi connectivity index (χ1) is 15.5. The molecular weight excluding hydrogens is 432 g/mol. The minimum atomic E-state index is -1.63. The van der Waals surface area contributed by atoms with Gasteiger partial charge < -0.3 is 29.2 Å². The number of esters is 3. The van der Waals surface area contributed by atoms with Crippen LogP contribution in [0.2, 0.25) is 0 Å². The van der Waals surface area contributed by atoms with E-state index in [1.807, 2.05) is 0 Å². The highest BCUT2D eigenvalue weighted by Crippen LogP contribution is 2.67. The van der Waals surface area contributed by atoms with Crippen LogP contribution in [0, 0.1) is 22.7 Å². The Morgan fingerprint density at radius 1 is 1.27 bits per heavy atom. The van der Waals surface area contributed by atoms with Gasteiger partial charge in [0.05, 0.1) is 24.2 Å². The molecule has 0 radical (unpaired) electrons. The van der Waals surface area contributed by atoms with Crippen LogP contribution in [-0.2, 0) is 33.3 Å². The van der Waals surface area contributed by atoms with Crippen LogP contribution in [0.4, 0.5) is 0 Å². The van der Waals surface area contributed by atoms with Gasteiger partial charge in [-0.2, -0.15) is 0 Å². The van der Waals surface area contributed by atoms with E-state index in [1.165, 1.54) is 19.9 Å². The van der Waals surface area contributed by atoms with Crippen LogP contribution in [0.25, 0.3) is 0 Å². The Kier molecular flexibility index (Phi) is 6.12. The molecule has 2 aliphatic heterocycles. The van der Waals surface area contributed by atoms with Crippen LogP contribution in [0.5, 0.6) is 0 Å². The van der Waals surface area contributed by atoms with Crippen molar-refractivity contribution in [2.75, 3.05) is 19.8 Å². The molecule has 1 saturated heterocycles. The number of hydrogen-bond donors (Lipinski definition) is 2. The summed E-state index contributed by atoms with van der Waals surface area (Å²) in [5.74, 6) is -1.70. The second-order valence-electron chi connectivity index (χ2n) is 10.5. The summed E-state index contributed by atoms with van der Waals surface area (Å²) >= 11 is 0. The van der Waals surface area contributed by atoms with Crippen LogP contribution in [-0.4, -0.2) is 71.9 Å². The van der Waals surface area contributed by atoms with Gasteiger partial charge in [-0.05, 0) is 37.0 Å². The SMILES string of the molecule is CC(=O)OCC12C(OC(C)=O)CC(C)C3(C)CC(C4=CC(=O)OC4)OC(CCC1(O)CO)C32. The summed E-state index contributed by atoms with van der Waals surface area (Å²) in [4.78, 5) is 35.7. The monoisotopic (exact) mass is 466 g/mol. The maximum Gasteiger partial charge on any atom is 0.331 e. The van der Waals surface area contributed by atoms with Gasteiger partial charge >= 0.3 is 17.9 Å². The summed E-state index contributed by atoms with van der Waals surface area (Å²) in [7, 11) is 0. The molecule has 33 heavy (non-hydrogen) atoms. The topological polar surface area (TPSA) is 129 Å². The van der Waals surface area contributed by atoms with E-state index in [9.17, 15) is 24.6 Å². The molecule has 4 aliphatic rings. The average Bonchev–Trinajstić information content (AvgIpc) is 3.18. The number of aliphatic hydroxyl groups is 2. The lowest BCUT2D eigenvalue weighted by Crippen LogP contribution is -2.76. The molecule has 2 N–H and O–H groups in total. The Labute approximate surface area is 193 Å². The normalized spacial score (nSPS) is 44.4. The summed E-state index contributed by atoms with van der Waals surface area (Å²) < 4.78 is 22.9. The molecule has 0 aromatic carbocycles. The lowest BCUT2D eigenvalue weighted by atomic mass is 9.40. The molecule has 2 aliphatic carbocycles. The van der Waals surface area contributed by atoms with E-state index in [0.717, 1.165) is 5.57 Å². The smallest absolute Gasteiger partial charge is 0.331 e. The van der Waals surface area contributed by atoms with Crippen LogP contribution in [0.1, 0.15) is 53.4 Å². The van der Waals surface area contributed by atoms with Gasteiger partial charge in [0, 0.05) is 31.4 Å². The first-order valence-electron chi connectivity index (χ1n) is 11.6. The Balaban J connectivity index is 1.84. The van der Waals surface area contributed by atoms with Crippen LogP contribution in [0.15, 0.2) is 11.6 Å². The lowest BCUT2D eigenvalue weighted by molar-refractivity contribution is -0.328. The van der Waals surface area contributed by atoms with E-state index in [0.29, 0.717) is 19.3 Å². The zero-order chi connectivity index (χ0) is 24.2. The average molecular weight is 467 g/mol. The van der Waals surface area contributed by atoms with Crippen molar-refractivity contribution in [2.24, 2.45) is 22.7 Å². The maximum absolute atomic E-state index is 12.1. The second-order valence-corrected chi connectivity index (χ2v) is 10.5. The van der Waals surface area contributed by atoms with Gasteiger partial charge in [0.2, 0.25) is 0 Å². The second kappa shape index (κ2) is 8.36. The number of ether oxygens (including phenoxy) is 4. The summed E-state index contributed by atoms with van der Waals surface area (Å²) in [5, 5.41) is 22.2. The van der Waals surface area contributed by atoms with Crippen LogP contribution in [0.3, 0.4) is 0 Å². The van der Waals surface area contributed by atoms with E-state index < -0.39 is 41.1 Å². The van der Waals surface area contributed by atoms with Crippen molar-refractivity contribution in [3.8, 4) is 0 Å². The largest absolute Gasteiger partial charge is 0.465 e. The number of carbonyl (C=O) groups is 3. The lowest BCUT2D eigenvalue weighted by Gasteiger charge is -2.69. The Bertz CT molecular complexity index is 868. The van der Waals surface area contributed by atoms with Gasteiger partial charge in [0.15, 0.2) is 0 Å². The third-order valence-electron chi connectivity index (χ3n) is 8.76. The molecule has 8 atom stereocenters. The van der Waals surface area contributed by atoms with Crippen LogP contribution < -0.4 is 0 Å². The van der Waals surface area contributed by atoms with Crippen molar-refractivity contribution < 1.29 is 43.5 Å². The first kappa shape index (κ1) is 24.2. The fourth-order valence-electron chi connectivity index (χ4n) is 7.07. The van der Waals surface area contributed by atoms with Crippen molar-refractivity contribution in [3.05, 3.63) is 11.6 Å². The van der Waals surface area contributed by atoms with Gasteiger partial charge in [-0.3, -0.25) is 9.59 Å². The number of rotatable bonds is 5. The molecule has 9 nitrogen and oxygen atoms in total. The zero-order valence-electron chi connectivity index (χ0n) is 19.7. The highest BCUT2D eigenvalue weighted by atomic mass is 16.6. The molecule has 2 heterocycles. The third-order valence-corrected chi connectivity index (χ3v) is 8.76. The fourth-order valence-corrected chi connectivity index (χ4v) is 7.07. The van der Waals surface area contributed by atoms with E-state index in [4.69, 9.17) is 18.9 Å². The van der Waals surface area contributed by atoms with Crippen molar-refractivity contribution >= 4 is 17.9 Å². The summed E-state index contributed by atoms with van der Waals surface area (Å²) in [6.07, 6.45) is 1.71. The number of cyclic esters (lactones) is 1. The summed E-state index contributed by atoms with van der Waals surface area (Å²) in [5.41, 5.74) is -2.50. The quantitative estimate of drug-likeness (QED) is 0.455. The highest BCUT2D eigenvalue weighted by molar-refractivity contribution is 5.85. The minimum absolute atomic E-state index is 0.0610. The fraction of sp³-hybridized carbons (Fsp3) is 0.792. The van der Waals surface area contributed by atoms with E-state index in [2.05, 4.69) is 13.8 Å². The van der Waals surface area contributed by atoms with Gasteiger partial charge in [0.25, 0.3) is 0 Å². The number of hydrogen-bond acceptors (Lipinski definition) is 9. The van der Waals surface area contributed by atoms with Crippen molar-refractivity contribution in [1.82, 2.24) is 0 Å². The Morgan fingerprint density at radius 2 is 2.00 bits per heavy atom. The number of aliphatic hydroxyl groups excluding tert-OH is 1. The molecular formula is C24H34O9. The third kappa shape index (κ3) is 3.68. The predicted molar refractivity (Wildman–Crippen MR) is 114 cm³/mol. The molecule has 8 unspecified atom stereocenters. The molecule has 0 aromatic heterocycles. The molecule has 4 rings (SSSR count). The van der Waals surface area contributed by atoms with E-state index in [1.54, 1.807) is 0 Å². The van der Waals surface area contributed by atoms with E-state index >= 15 is 0 Å². The van der Waals surface area contributed by atoms with Crippen LogP contribution >= 0.6 is 0 Å². The first-order valence-corrected chi connectivity index (χ1v) is 11.6. The molecule has 0 spiro atoms. The molecule has 9 heteroatoms. The Hall–Kier alpha value is -1.97. The van der Waals surface area contributed by atoms with Gasteiger partial charge in [0.1, 0.15) is 24.9 Å². The molecule has 2 saturated carbocycles. The standard InChI is InChI=1S/C24H34O9/c1-13-7-19(32-15(3)27)24(12-31-14(2)26)21-17(5-6-23(24,29)11-25)33-18(9-22(13,21)4)16-8-20(28)30-10-16/h8,13,17-19,21,25,29H,5-7,9-12H2,1-4H3. The van der Waals surface area contributed by atoms with Crippen molar-refractivity contribution in [2.45, 2.75) is 77.3 Å². The molecule has 184 valence electrons. The zero-order valence-corrected chi connectivity index (χ0v) is 19.7. The number of carbonyl (C=O) groups excluding carboxylic acids is 3. The van der Waals surface area contributed by atoms with Gasteiger partial charge in [-0.15, -0.1) is 0 Å². The summed E-state index contributed by atoms with van der Waals surface area (Å²) in [6.45, 7) is 6.25. The van der Waals surface area contributed by atoms with Gasteiger partial charge in [-0.25, -0.2) is 4.79 Å². The Morgan fingerprint density at radius 3 is 2.58 bits per heavy atom. The highest BCUT2D eigenvalue weighted by Gasteiger charge is 2.73. The van der Waals surface area contributed by atoms with Gasteiger partial charge in [-0.1, -0.05) is 13.8 Å². The molecule has 0 bridgehead atoms. The summed E-state index contributed by atoms with van der Waals surface area (Å²) in [6, 6.07) is 0. The van der Waals surface area contributed by atoms with E-state index in [-0.39, 0.29) is 49.6 Å². The molecule has 0 amide bonds. The predicted octanol–water partition coefficient (Wildman–Crippen LogP) is 1.29.